The lowest BCUT2D eigenvalue weighted by atomic mass is 9.85. The van der Waals surface area contributed by atoms with Crippen LogP contribution in [0.1, 0.15) is 73.8 Å². The molecule has 5 aromatic rings. The fourth-order valence-electron chi connectivity index (χ4n) is 7.22. The first-order valence-corrected chi connectivity index (χ1v) is 16.8. The lowest BCUT2D eigenvalue weighted by molar-refractivity contribution is 0.0495. The van der Waals surface area contributed by atoms with E-state index >= 15 is 0 Å². The molecule has 0 aliphatic carbocycles. The number of aryl methyl sites for hydroxylation is 1. The number of rotatable bonds is 7. The van der Waals surface area contributed by atoms with Crippen LogP contribution in [-0.4, -0.2) is 45.8 Å². The minimum Gasteiger partial charge on any atom is -0.497 e. The Morgan fingerprint density at radius 2 is 1.62 bits per heavy atom. The van der Waals surface area contributed by atoms with E-state index in [1.807, 2.05) is 73.7 Å². The summed E-state index contributed by atoms with van der Waals surface area (Å²) in [6.45, 7) is 8.36. The Bertz CT molecular complexity index is 1940. The maximum atomic E-state index is 13.6. The van der Waals surface area contributed by atoms with Crippen molar-refractivity contribution in [2.75, 3.05) is 17.7 Å². The first kappa shape index (κ1) is 31.5. The Balaban J connectivity index is 0.968. The number of anilines is 2. The maximum absolute atomic E-state index is 13.6. The molecule has 0 spiro atoms. The number of urea groups is 1. The van der Waals surface area contributed by atoms with E-state index in [0.717, 1.165) is 65.9 Å². The summed E-state index contributed by atoms with van der Waals surface area (Å²) in [5, 5.41) is 11.7. The number of hydrogen-bond acceptors (Lipinski definition) is 5. The number of piperidine rings is 1. The van der Waals surface area contributed by atoms with Gasteiger partial charge < -0.3 is 19.4 Å². The average Bonchev–Trinajstić information content (AvgIpc) is 3.75. The highest BCUT2D eigenvalue weighted by atomic mass is 16.5. The number of carbonyl (C=O) groups is 2. The fourth-order valence-corrected chi connectivity index (χ4v) is 7.22. The average molecular weight is 646 g/mol. The first-order chi connectivity index (χ1) is 23.0. The van der Waals surface area contributed by atoms with Crippen molar-refractivity contribution < 1.29 is 18.7 Å². The summed E-state index contributed by atoms with van der Waals surface area (Å²) < 4.78 is 13.1. The summed E-state index contributed by atoms with van der Waals surface area (Å²) in [5.41, 5.74) is 5.40. The van der Waals surface area contributed by atoms with Crippen LogP contribution in [0.25, 0.3) is 16.7 Å². The number of nitrogens with zero attached hydrogens (tertiary/aromatic N) is 3. The van der Waals surface area contributed by atoms with Crippen LogP contribution in [0.3, 0.4) is 0 Å². The Labute approximate surface area is 281 Å². The van der Waals surface area contributed by atoms with E-state index in [4.69, 9.17) is 14.3 Å². The van der Waals surface area contributed by atoms with Crippen molar-refractivity contribution in [1.82, 2.24) is 14.7 Å². The highest BCUT2D eigenvalue weighted by Gasteiger charge is 2.44. The van der Waals surface area contributed by atoms with Gasteiger partial charge in [0.25, 0.3) is 5.91 Å². The van der Waals surface area contributed by atoms with E-state index in [9.17, 15) is 9.59 Å². The Hall–Kier alpha value is -5.05. The molecule has 2 unspecified atom stereocenters. The lowest BCUT2D eigenvalue weighted by Gasteiger charge is -2.38. The minimum atomic E-state index is -0.325. The smallest absolute Gasteiger partial charge is 0.324 e. The molecule has 2 aliphatic heterocycles. The van der Waals surface area contributed by atoms with Gasteiger partial charge in [0.15, 0.2) is 5.76 Å². The Morgan fingerprint density at radius 1 is 0.917 bits per heavy atom. The van der Waals surface area contributed by atoms with Gasteiger partial charge in [-0.25, -0.2) is 9.48 Å². The molecule has 9 nitrogen and oxygen atoms in total. The van der Waals surface area contributed by atoms with E-state index in [-0.39, 0.29) is 29.4 Å². The molecule has 0 saturated carbocycles. The van der Waals surface area contributed by atoms with Gasteiger partial charge in [-0.2, -0.15) is 5.10 Å². The molecule has 2 bridgehead atoms. The molecule has 2 saturated heterocycles. The van der Waals surface area contributed by atoms with E-state index in [2.05, 4.69) is 48.4 Å². The third kappa shape index (κ3) is 6.41. The Morgan fingerprint density at radius 3 is 2.29 bits per heavy atom. The summed E-state index contributed by atoms with van der Waals surface area (Å²) in [4.78, 5) is 28.8. The SMILES string of the molecule is COc1ccc2oc(C(=O)N3C4CCC3CC(Cc3ccc(NC(=O)Nc5cc(C(C)(C)C)nn5-c5ccc(C)cc5)cc3)C4)cc2c1. The molecule has 48 heavy (non-hydrogen) atoms. The van der Waals surface area contributed by atoms with Crippen molar-refractivity contribution in [3.05, 3.63) is 101 Å². The van der Waals surface area contributed by atoms with Gasteiger partial charge in [-0.15, -0.1) is 0 Å². The monoisotopic (exact) mass is 645 g/mol. The molecule has 4 heterocycles. The molecule has 9 heteroatoms. The number of aromatic nitrogens is 2. The molecule has 2 aromatic heterocycles. The van der Waals surface area contributed by atoms with Gasteiger partial charge in [0.05, 0.1) is 18.5 Å². The molecular formula is C39H43N5O4. The summed E-state index contributed by atoms with van der Waals surface area (Å²) in [5.74, 6) is 2.23. The number of nitrogens with one attached hydrogen (secondary N) is 2. The number of hydrogen-bond donors (Lipinski definition) is 2. The molecule has 2 atom stereocenters. The van der Waals surface area contributed by atoms with Crippen LogP contribution in [0.15, 0.2) is 83.3 Å². The van der Waals surface area contributed by atoms with E-state index < -0.39 is 0 Å². The van der Waals surface area contributed by atoms with Crippen molar-refractivity contribution in [3.63, 3.8) is 0 Å². The Kier molecular flexibility index (Phi) is 8.23. The molecule has 0 radical (unpaired) electrons. The highest BCUT2D eigenvalue weighted by Crippen LogP contribution is 2.41. The van der Waals surface area contributed by atoms with Gasteiger partial charge in [0.2, 0.25) is 0 Å². The number of furan rings is 1. The van der Waals surface area contributed by atoms with E-state index in [1.165, 1.54) is 5.56 Å². The molecule has 2 fully saturated rings. The number of ether oxygens (including phenoxy) is 1. The van der Waals surface area contributed by atoms with Gasteiger partial charge in [-0.05, 0) is 99.0 Å². The van der Waals surface area contributed by atoms with Crippen molar-refractivity contribution in [3.8, 4) is 11.4 Å². The summed E-state index contributed by atoms with van der Waals surface area (Å²) >= 11 is 0. The second kappa shape index (κ2) is 12.5. The van der Waals surface area contributed by atoms with Crippen molar-refractivity contribution in [2.45, 2.75) is 77.3 Å². The largest absolute Gasteiger partial charge is 0.497 e. The summed E-state index contributed by atoms with van der Waals surface area (Å²) in [6, 6.07) is 25.6. The first-order valence-electron chi connectivity index (χ1n) is 16.8. The van der Waals surface area contributed by atoms with Gasteiger partial charge in [-0.3, -0.25) is 10.1 Å². The minimum absolute atomic E-state index is 0.0126. The molecule has 248 valence electrons. The lowest BCUT2D eigenvalue weighted by Crippen LogP contribution is -2.46. The standard InChI is InChI=1S/C39H43N5O4/c1-24-6-12-29(13-7-24)44-36(23-35(42-44)39(2,3)4)41-38(46)40-28-10-8-25(9-11-28)18-26-19-30-14-15-31(20-26)43(30)37(45)34-22-27-21-32(47-5)16-17-33(27)48-34/h6-13,16-17,21-23,26,30-31H,14-15,18-20H2,1-5H3,(H2,40,41,46). The molecule has 7 rings (SSSR count). The predicted molar refractivity (Wildman–Crippen MR) is 188 cm³/mol. The van der Waals surface area contributed by atoms with Crippen LogP contribution in [0.4, 0.5) is 16.3 Å². The number of amides is 3. The second-order valence-electron chi connectivity index (χ2n) is 14.3. The number of fused-ring (bicyclic) bond motifs is 3. The zero-order valence-electron chi connectivity index (χ0n) is 28.2. The quantitative estimate of drug-likeness (QED) is 0.185. The molecule has 2 N–H and O–H groups in total. The number of benzene rings is 3. The number of methoxy groups -OCH3 is 1. The molecule has 3 aromatic carbocycles. The van der Waals surface area contributed by atoms with Gasteiger partial charge in [0.1, 0.15) is 17.2 Å². The molecular weight excluding hydrogens is 602 g/mol. The third-order valence-electron chi connectivity index (χ3n) is 9.73. The van der Waals surface area contributed by atoms with Crippen molar-refractivity contribution in [1.29, 1.82) is 0 Å². The van der Waals surface area contributed by atoms with Crippen molar-refractivity contribution >= 4 is 34.4 Å². The van der Waals surface area contributed by atoms with E-state index in [0.29, 0.717) is 23.1 Å². The van der Waals surface area contributed by atoms with Crippen LogP contribution in [0.2, 0.25) is 0 Å². The van der Waals surface area contributed by atoms with Crippen LogP contribution in [-0.2, 0) is 11.8 Å². The van der Waals surface area contributed by atoms with E-state index in [1.54, 1.807) is 11.8 Å². The van der Waals surface area contributed by atoms with Gasteiger partial charge >= 0.3 is 6.03 Å². The van der Waals surface area contributed by atoms with Gasteiger partial charge in [0, 0.05) is 34.6 Å². The van der Waals surface area contributed by atoms with Crippen LogP contribution in [0.5, 0.6) is 5.75 Å². The zero-order chi connectivity index (χ0) is 33.6. The predicted octanol–water partition coefficient (Wildman–Crippen LogP) is 8.50. The normalized spacial score (nSPS) is 19.0. The third-order valence-corrected chi connectivity index (χ3v) is 9.73. The highest BCUT2D eigenvalue weighted by molar-refractivity contribution is 5.99. The summed E-state index contributed by atoms with van der Waals surface area (Å²) in [6.07, 6.45) is 4.95. The van der Waals surface area contributed by atoms with Gasteiger partial charge in [-0.1, -0.05) is 50.6 Å². The molecule has 3 amide bonds. The number of carbonyl (C=O) groups excluding carboxylic acids is 2. The van der Waals surface area contributed by atoms with Crippen LogP contribution >= 0.6 is 0 Å². The van der Waals surface area contributed by atoms with Crippen LogP contribution < -0.4 is 15.4 Å². The molecule has 2 aliphatic rings. The fraction of sp³-hybridized carbons (Fsp3) is 0.359. The maximum Gasteiger partial charge on any atom is 0.324 e. The van der Waals surface area contributed by atoms with Crippen LogP contribution in [0, 0.1) is 12.8 Å². The summed E-state index contributed by atoms with van der Waals surface area (Å²) in [7, 11) is 1.63. The topological polar surface area (TPSA) is 102 Å². The van der Waals surface area contributed by atoms with Crippen molar-refractivity contribution in [2.24, 2.45) is 5.92 Å². The second-order valence-corrected chi connectivity index (χ2v) is 14.3. The zero-order valence-corrected chi connectivity index (χ0v) is 28.2.